The van der Waals surface area contributed by atoms with Crippen molar-refractivity contribution in [2.45, 2.75) is 25.4 Å². The quantitative estimate of drug-likeness (QED) is 0.652. The maximum absolute atomic E-state index is 5.76. The molecule has 6 heteroatoms. The fraction of sp³-hybridized carbons (Fsp3) is 0.333. The van der Waals surface area contributed by atoms with Crippen LogP contribution in [0.2, 0.25) is 0 Å². The molecule has 1 saturated carbocycles. The van der Waals surface area contributed by atoms with Gasteiger partial charge in [-0.1, -0.05) is 0 Å². The first-order valence-corrected chi connectivity index (χ1v) is 6.74. The number of aliphatic imine (C=N–C) groups is 1. The topological polar surface area (TPSA) is 76.4 Å². The Morgan fingerprint density at radius 3 is 3.22 bits per heavy atom. The standard InChI is InChI=1S/C12H14N4OS/c13-12(16-8-3-4-8)14-6-9-7-18-11(15-9)10-2-1-5-17-10/h1-2,5,7-8H,3-4,6H2,(H3,13,14,16). The first-order valence-electron chi connectivity index (χ1n) is 5.86. The molecule has 1 fully saturated rings. The molecule has 0 saturated heterocycles. The van der Waals surface area contributed by atoms with Crippen molar-refractivity contribution in [2.24, 2.45) is 10.7 Å². The lowest BCUT2D eigenvalue weighted by Gasteiger charge is -2.01. The molecule has 2 heterocycles. The van der Waals surface area contributed by atoms with E-state index in [2.05, 4.69) is 15.3 Å². The summed E-state index contributed by atoms with van der Waals surface area (Å²) in [6.07, 6.45) is 4.03. The van der Waals surface area contributed by atoms with Crippen LogP contribution in [0, 0.1) is 0 Å². The van der Waals surface area contributed by atoms with E-state index in [1.54, 1.807) is 17.6 Å². The first kappa shape index (κ1) is 11.3. The van der Waals surface area contributed by atoms with Gasteiger partial charge in [0.15, 0.2) is 16.7 Å². The second-order valence-corrected chi connectivity index (χ2v) is 5.10. The van der Waals surface area contributed by atoms with Gasteiger partial charge in [0, 0.05) is 11.4 Å². The van der Waals surface area contributed by atoms with Gasteiger partial charge in [-0.2, -0.15) is 0 Å². The van der Waals surface area contributed by atoms with Crippen molar-refractivity contribution in [1.82, 2.24) is 10.3 Å². The van der Waals surface area contributed by atoms with Gasteiger partial charge < -0.3 is 15.5 Å². The number of nitrogens with one attached hydrogen (secondary N) is 1. The lowest BCUT2D eigenvalue weighted by atomic mass is 10.4. The van der Waals surface area contributed by atoms with Gasteiger partial charge in [0.25, 0.3) is 0 Å². The summed E-state index contributed by atoms with van der Waals surface area (Å²) in [4.78, 5) is 8.72. The van der Waals surface area contributed by atoms with Crippen molar-refractivity contribution in [1.29, 1.82) is 0 Å². The zero-order valence-electron chi connectivity index (χ0n) is 9.80. The number of furan rings is 1. The summed E-state index contributed by atoms with van der Waals surface area (Å²) < 4.78 is 5.29. The Hall–Kier alpha value is -1.82. The molecule has 2 aromatic rings. The zero-order chi connectivity index (χ0) is 12.4. The van der Waals surface area contributed by atoms with Crippen molar-refractivity contribution in [3.63, 3.8) is 0 Å². The molecule has 0 spiro atoms. The van der Waals surface area contributed by atoms with Crippen LogP contribution < -0.4 is 11.1 Å². The van der Waals surface area contributed by atoms with E-state index in [0.717, 1.165) is 16.5 Å². The summed E-state index contributed by atoms with van der Waals surface area (Å²) in [6.45, 7) is 0.503. The Labute approximate surface area is 109 Å². The minimum atomic E-state index is 0.503. The molecule has 0 aromatic carbocycles. The molecule has 0 bridgehead atoms. The highest BCUT2D eigenvalue weighted by Crippen LogP contribution is 2.24. The molecule has 1 aliphatic carbocycles. The number of nitrogens with two attached hydrogens (primary N) is 1. The summed E-state index contributed by atoms with van der Waals surface area (Å²) in [7, 11) is 0. The zero-order valence-corrected chi connectivity index (χ0v) is 10.6. The average Bonchev–Trinajstić information content (AvgIpc) is 2.87. The van der Waals surface area contributed by atoms with E-state index < -0.39 is 0 Å². The summed E-state index contributed by atoms with van der Waals surface area (Å²) in [6, 6.07) is 4.28. The third kappa shape index (κ3) is 2.70. The van der Waals surface area contributed by atoms with Crippen LogP contribution in [0.15, 0.2) is 33.2 Å². The number of hydrogen-bond donors (Lipinski definition) is 2. The van der Waals surface area contributed by atoms with E-state index >= 15 is 0 Å². The van der Waals surface area contributed by atoms with Crippen molar-refractivity contribution >= 4 is 17.3 Å². The van der Waals surface area contributed by atoms with E-state index in [-0.39, 0.29) is 0 Å². The van der Waals surface area contributed by atoms with Gasteiger partial charge in [-0.25, -0.2) is 9.98 Å². The number of aromatic nitrogens is 1. The molecule has 5 nitrogen and oxygen atoms in total. The molecular formula is C12H14N4OS. The van der Waals surface area contributed by atoms with Gasteiger partial charge >= 0.3 is 0 Å². The monoisotopic (exact) mass is 262 g/mol. The van der Waals surface area contributed by atoms with Gasteiger partial charge in [0.1, 0.15) is 0 Å². The molecule has 0 atom stereocenters. The maximum atomic E-state index is 5.76. The van der Waals surface area contributed by atoms with Crippen molar-refractivity contribution < 1.29 is 4.42 Å². The van der Waals surface area contributed by atoms with Crippen molar-refractivity contribution in [3.05, 3.63) is 29.5 Å². The SMILES string of the molecule is NC(=NCc1csc(-c2ccco2)n1)NC1CC1. The Morgan fingerprint density at radius 1 is 1.61 bits per heavy atom. The van der Waals surface area contributed by atoms with Crippen LogP contribution in [0.1, 0.15) is 18.5 Å². The van der Waals surface area contributed by atoms with Gasteiger partial charge in [-0.3, -0.25) is 0 Å². The van der Waals surface area contributed by atoms with Crippen molar-refractivity contribution in [2.75, 3.05) is 0 Å². The van der Waals surface area contributed by atoms with E-state index in [1.165, 1.54) is 12.8 Å². The van der Waals surface area contributed by atoms with Crippen LogP contribution >= 0.6 is 11.3 Å². The van der Waals surface area contributed by atoms with Gasteiger partial charge in [0.2, 0.25) is 0 Å². The minimum Gasteiger partial charge on any atom is -0.462 e. The second-order valence-electron chi connectivity index (χ2n) is 4.24. The Morgan fingerprint density at radius 2 is 2.50 bits per heavy atom. The molecule has 0 amide bonds. The molecule has 3 rings (SSSR count). The fourth-order valence-corrected chi connectivity index (χ4v) is 2.32. The normalized spacial score (nSPS) is 15.9. The number of nitrogens with zero attached hydrogens (tertiary/aromatic N) is 2. The summed E-state index contributed by atoms with van der Waals surface area (Å²) in [5, 5.41) is 6.00. The average molecular weight is 262 g/mol. The molecular weight excluding hydrogens is 248 g/mol. The highest BCUT2D eigenvalue weighted by atomic mass is 32.1. The van der Waals surface area contributed by atoms with Gasteiger partial charge in [0.05, 0.1) is 18.5 Å². The number of hydrogen-bond acceptors (Lipinski definition) is 4. The van der Waals surface area contributed by atoms with E-state index in [4.69, 9.17) is 10.2 Å². The van der Waals surface area contributed by atoms with Crippen LogP contribution in [0.5, 0.6) is 0 Å². The van der Waals surface area contributed by atoms with Crippen LogP contribution in [-0.4, -0.2) is 17.0 Å². The lowest BCUT2D eigenvalue weighted by Crippen LogP contribution is -2.33. The van der Waals surface area contributed by atoms with Crippen LogP contribution in [0.3, 0.4) is 0 Å². The number of guanidine groups is 1. The van der Waals surface area contributed by atoms with E-state index in [1.807, 2.05) is 17.5 Å². The molecule has 18 heavy (non-hydrogen) atoms. The predicted molar refractivity (Wildman–Crippen MR) is 71.3 cm³/mol. The second kappa shape index (κ2) is 4.81. The van der Waals surface area contributed by atoms with Gasteiger partial charge in [-0.15, -0.1) is 11.3 Å². The summed E-state index contributed by atoms with van der Waals surface area (Å²) in [5.41, 5.74) is 6.67. The van der Waals surface area contributed by atoms with E-state index in [0.29, 0.717) is 18.5 Å². The molecule has 0 unspecified atom stereocenters. The van der Waals surface area contributed by atoms with Crippen LogP contribution in [0.4, 0.5) is 0 Å². The lowest BCUT2D eigenvalue weighted by molar-refractivity contribution is 0.581. The minimum absolute atomic E-state index is 0.503. The summed E-state index contributed by atoms with van der Waals surface area (Å²) in [5.74, 6) is 1.30. The fourth-order valence-electron chi connectivity index (χ4n) is 1.54. The number of rotatable bonds is 4. The molecule has 0 radical (unpaired) electrons. The first-order chi connectivity index (χ1) is 8.81. The van der Waals surface area contributed by atoms with Gasteiger partial charge in [-0.05, 0) is 25.0 Å². The molecule has 3 N–H and O–H groups in total. The smallest absolute Gasteiger partial charge is 0.189 e. The molecule has 2 aromatic heterocycles. The Balaban J connectivity index is 1.63. The van der Waals surface area contributed by atoms with Crippen LogP contribution in [-0.2, 0) is 6.54 Å². The molecule has 94 valence electrons. The highest BCUT2D eigenvalue weighted by Gasteiger charge is 2.21. The highest BCUT2D eigenvalue weighted by molar-refractivity contribution is 7.13. The number of thiazole rings is 1. The molecule has 0 aliphatic heterocycles. The predicted octanol–water partition coefficient (Wildman–Crippen LogP) is 1.97. The largest absolute Gasteiger partial charge is 0.462 e. The molecule has 1 aliphatic rings. The van der Waals surface area contributed by atoms with Crippen LogP contribution in [0.25, 0.3) is 10.8 Å². The maximum Gasteiger partial charge on any atom is 0.189 e. The summed E-state index contributed by atoms with van der Waals surface area (Å²) >= 11 is 1.55. The Bertz CT molecular complexity index is 542. The van der Waals surface area contributed by atoms with Crippen molar-refractivity contribution in [3.8, 4) is 10.8 Å². The Kier molecular flexibility index (Phi) is 3.02. The van der Waals surface area contributed by atoms with E-state index in [9.17, 15) is 0 Å². The third-order valence-electron chi connectivity index (χ3n) is 2.62. The third-order valence-corrected chi connectivity index (χ3v) is 3.53.